The van der Waals surface area contributed by atoms with E-state index < -0.39 is 5.60 Å². The monoisotopic (exact) mass is 197 g/mol. The summed E-state index contributed by atoms with van der Waals surface area (Å²) in [4.78, 5) is 0. The fraction of sp³-hybridized carbons (Fsp3) is 1.00. The smallest absolute Gasteiger partial charge is 0.0802 e. The summed E-state index contributed by atoms with van der Waals surface area (Å²) in [5.41, 5.74) is -0.400. The Bertz CT molecular complexity index is 200. The van der Waals surface area contributed by atoms with Gasteiger partial charge in [-0.2, -0.15) is 0 Å². The molecule has 2 rings (SSSR count). The molecule has 0 aromatic rings. The first-order valence-corrected chi connectivity index (χ1v) is 6.07. The molecule has 1 aliphatic heterocycles. The molecule has 0 aromatic carbocycles. The summed E-state index contributed by atoms with van der Waals surface area (Å²) in [5.74, 6) is 1.47. The molecule has 0 radical (unpaired) electrons. The maximum absolute atomic E-state index is 10.6. The lowest BCUT2D eigenvalue weighted by Gasteiger charge is -2.42. The summed E-state index contributed by atoms with van der Waals surface area (Å²) in [6.45, 7) is 5.69. The quantitative estimate of drug-likeness (QED) is 0.673. The van der Waals surface area contributed by atoms with Crippen LogP contribution in [0.4, 0.5) is 0 Å². The van der Waals surface area contributed by atoms with Crippen molar-refractivity contribution < 1.29 is 5.11 Å². The van der Waals surface area contributed by atoms with Gasteiger partial charge in [-0.05, 0) is 50.5 Å². The van der Waals surface area contributed by atoms with E-state index >= 15 is 0 Å². The molecular formula is C12H23NO. The van der Waals surface area contributed by atoms with Crippen LogP contribution >= 0.6 is 0 Å². The average molecular weight is 197 g/mol. The number of hydrogen-bond donors (Lipinski definition) is 2. The minimum Gasteiger partial charge on any atom is -0.388 e. The van der Waals surface area contributed by atoms with Gasteiger partial charge in [0, 0.05) is 6.04 Å². The van der Waals surface area contributed by atoms with Crippen LogP contribution in [0.15, 0.2) is 0 Å². The van der Waals surface area contributed by atoms with Crippen molar-refractivity contribution in [1.82, 2.24) is 5.32 Å². The normalized spacial score (nSPS) is 49.5. The molecule has 0 aromatic heterocycles. The van der Waals surface area contributed by atoms with Crippen molar-refractivity contribution in [2.45, 2.75) is 57.6 Å². The first-order valence-electron chi connectivity index (χ1n) is 6.07. The first kappa shape index (κ1) is 10.4. The summed E-state index contributed by atoms with van der Waals surface area (Å²) in [5, 5.41) is 14.0. The number of nitrogens with one attached hydrogen (secondary N) is 1. The molecule has 2 nitrogen and oxygen atoms in total. The van der Waals surface area contributed by atoms with E-state index in [9.17, 15) is 5.11 Å². The molecule has 82 valence electrons. The van der Waals surface area contributed by atoms with Gasteiger partial charge in [0.05, 0.1) is 5.60 Å². The van der Waals surface area contributed by atoms with Crippen LogP contribution in [0.5, 0.6) is 0 Å². The second-order valence-corrected chi connectivity index (χ2v) is 5.45. The number of rotatable bonds is 1. The Balaban J connectivity index is 2.01. The largest absolute Gasteiger partial charge is 0.388 e. The Morgan fingerprint density at radius 3 is 2.57 bits per heavy atom. The van der Waals surface area contributed by atoms with Crippen LogP contribution in [-0.2, 0) is 0 Å². The molecule has 4 atom stereocenters. The fourth-order valence-corrected chi connectivity index (χ4v) is 3.08. The third-order valence-electron chi connectivity index (χ3n) is 4.39. The van der Waals surface area contributed by atoms with Gasteiger partial charge in [-0.3, -0.25) is 0 Å². The van der Waals surface area contributed by atoms with Crippen molar-refractivity contribution >= 4 is 0 Å². The predicted octanol–water partition coefficient (Wildman–Crippen LogP) is 1.93. The lowest BCUT2D eigenvalue weighted by molar-refractivity contribution is -0.0531. The highest BCUT2D eigenvalue weighted by Gasteiger charge is 2.42. The molecule has 1 heterocycles. The second-order valence-electron chi connectivity index (χ2n) is 5.45. The van der Waals surface area contributed by atoms with Gasteiger partial charge in [0.15, 0.2) is 0 Å². The molecule has 0 spiro atoms. The van der Waals surface area contributed by atoms with Crippen LogP contribution in [0.25, 0.3) is 0 Å². The van der Waals surface area contributed by atoms with Gasteiger partial charge in [-0.1, -0.05) is 13.8 Å². The minimum absolute atomic E-state index is 0.373. The van der Waals surface area contributed by atoms with Crippen molar-refractivity contribution in [3.8, 4) is 0 Å². The van der Waals surface area contributed by atoms with Gasteiger partial charge in [0.1, 0.15) is 0 Å². The van der Waals surface area contributed by atoms with E-state index in [2.05, 4.69) is 19.2 Å². The second kappa shape index (κ2) is 3.82. The van der Waals surface area contributed by atoms with Crippen LogP contribution in [0.3, 0.4) is 0 Å². The van der Waals surface area contributed by atoms with Crippen molar-refractivity contribution in [2.24, 2.45) is 11.8 Å². The lowest BCUT2D eigenvalue weighted by atomic mass is 9.70. The predicted molar refractivity (Wildman–Crippen MR) is 58.2 cm³/mol. The minimum atomic E-state index is -0.400. The summed E-state index contributed by atoms with van der Waals surface area (Å²) >= 11 is 0. The molecular weight excluding hydrogens is 174 g/mol. The SMILES string of the molecule is CC1CCC(O)(C2CCCN2)CC1C. The zero-order valence-electron chi connectivity index (χ0n) is 9.42. The zero-order chi connectivity index (χ0) is 10.2. The van der Waals surface area contributed by atoms with E-state index in [1.165, 1.54) is 12.8 Å². The van der Waals surface area contributed by atoms with Gasteiger partial charge < -0.3 is 10.4 Å². The van der Waals surface area contributed by atoms with Crippen molar-refractivity contribution in [1.29, 1.82) is 0 Å². The topological polar surface area (TPSA) is 32.3 Å². The van der Waals surface area contributed by atoms with E-state index in [-0.39, 0.29) is 0 Å². The maximum Gasteiger partial charge on any atom is 0.0802 e. The number of hydrogen-bond acceptors (Lipinski definition) is 2. The summed E-state index contributed by atoms with van der Waals surface area (Å²) in [6, 6.07) is 0.373. The number of aliphatic hydroxyl groups is 1. The van der Waals surface area contributed by atoms with E-state index in [0.29, 0.717) is 12.0 Å². The van der Waals surface area contributed by atoms with Gasteiger partial charge in [-0.25, -0.2) is 0 Å². The maximum atomic E-state index is 10.6. The molecule has 4 unspecified atom stereocenters. The molecule has 2 N–H and O–H groups in total. The Morgan fingerprint density at radius 2 is 2.00 bits per heavy atom. The molecule has 2 aliphatic rings. The highest BCUT2D eigenvalue weighted by atomic mass is 16.3. The third-order valence-corrected chi connectivity index (χ3v) is 4.39. The molecule has 1 saturated carbocycles. The van der Waals surface area contributed by atoms with E-state index in [0.717, 1.165) is 31.7 Å². The Labute approximate surface area is 87.1 Å². The highest BCUT2D eigenvalue weighted by molar-refractivity contribution is 4.98. The van der Waals surface area contributed by atoms with Crippen molar-refractivity contribution in [3.63, 3.8) is 0 Å². The summed E-state index contributed by atoms with van der Waals surface area (Å²) in [7, 11) is 0. The Hall–Kier alpha value is -0.0800. The van der Waals surface area contributed by atoms with Crippen LogP contribution in [-0.4, -0.2) is 23.3 Å². The van der Waals surface area contributed by atoms with E-state index in [4.69, 9.17) is 0 Å². The summed E-state index contributed by atoms with van der Waals surface area (Å²) in [6.07, 6.45) is 5.58. The van der Waals surface area contributed by atoms with Gasteiger partial charge in [-0.15, -0.1) is 0 Å². The van der Waals surface area contributed by atoms with Crippen molar-refractivity contribution in [3.05, 3.63) is 0 Å². The first-order chi connectivity index (χ1) is 6.62. The van der Waals surface area contributed by atoms with Gasteiger partial charge in [0.2, 0.25) is 0 Å². The third kappa shape index (κ3) is 1.82. The molecule has 14 heavy (non-hydrogen) atoms. The molecule has 2 fully saturated rings. The standard InChI is InChI=1S/C12H23NO/c1-9-5-6-12(14,8-10(9)2)11-4-3-7-13-11/h9-11,13-14H,3-8H2,1-2H3. The molecule has 0 bridgehead atoms. The van der Waals surface area contributed by atoms with Gasteiger partial charge >= 0.3 is 0 Å². The Morgan fingerprint density at radius 1 is 1.21 bits per heavy atom. The Kier molecular flexibility index (Phi) is 2.85. The molecule has 1 saturated heterocycles. The van der Waals surface area contributed by atoms with Crippen molar-refractivity contribution in [2.75, 3.05) is 6.54 Å². The van der Waals surface area contributed by atoms with Crippen LogP contribution in [0.1, 0.15) is 46.0 Å². The zero-order valence-corrected chi connectivity index (χ0v) is 9.42. The molecule has 1 aliphatic carbocycles. The van der Waals surface area contributed by atoms with Gasteiger partial charge in [0.25, 0.3) is 0 Å². The average Bonchev–Trinajstić information content (AvgIpc) is 2.65. The van der Waals surface area contributed by atoms with Crippen LogP contribution in [0.2, 0.25) is 0 Å². The van der Waals surface area contributed by atoms with E-state index in [1.54, 1.807) is 0 Å². The highest BCUT2D eigenvalue weighted by Crippen LogP contribution is 2.39. The summed E-state index contributed by atoms with van der Waals surface area (Å²) < 4.78 is 0. The fourth-order valence-electron chi connectivity index (χ4n) is 3.08. The lowest BCUT2D eigenvalue weighted by Crippen LogP contribution is -2.51. The molecule has 2 heteroatoms. The van der Waals surface area contributed by atoms with Crippen LogP contribution < -0.4 is 5.32 Å². The van der Waals surface area contributed by atoms with Crippen LogP contribution in [0, 0.1) is 11.8 Å². The molecule has 0 amide bonds. The van der Waals surface area contributed by atoms with E-state index in [1.807, 2.05) is 0 Å².